The molecule has 0 unspecified atom stereocenters. The molecular formula is C14H21O3. The van der Waals surface area contributed by atoms with E-state index in [9.17, 15) is 0 Å². The quantitative estimate of drug-likeness (QED) is 0.681. The van der Waals surface area contributed by atoms with Gasteiger partial charge in [0.1, 0.15) is 0 Å². The van der Waals surface area contributed by atoms with Crippen molar-refractivity contribution in [1.29, 1.82) is 0 Å². The lowest BCUT2D eigenvalue weighted by molar-refractivity contribution is 0.323. The minimum Gasteiger partial charge on any atom is -0.493 e. The third-order valence-corrected chi connectivity index (χ3v) is 2.69. The normalized spacial score (nSPS) is 10.1. The molecule has 1 aromatic carbocycles. The Labute approximate surface area is 104 Å². The summed E-state index contributed by atoms with van der Waals surface area (Å²) < 4.78 is 15.9. The maximum atomic E-state index is 5.31. The van der Waals surface area contributed by atoms with Crippen LogP contribution in [0.1, 0.15) is 24.8 Å². The first-order chi connectivity index (χ1) is 8.26. The highest BCUT2D eigenvalue weighted by Gasteiger charge is 2.12. The van der Waals surface area contributed by atoms with Gasteiger partial charge in [-0.15, -0.1) is 0 Å². The van der Waals surface area contributed by atoms with Crippen molar-refractivity contribution >= 4 is 0 Å². The third kappa shape index (κ3) is 3.55. The monoisotopic (exact) mass is 237 g/mol. The van der Waals surface area contributed by atoms with E-state index >= 15 is 0 Å². The van der Waals surface area contributed by atoms with Crippen LogP contribution >= 0.6 is 0 Å². The largest absolute Gasteiger partial charge is 0.493 e. The Morgan fingerprint density at radius 3 is 1.94 bits per heavy atom. The zero-order valence-electron chi connectivity index (χ0n) is 10.9. The van der Waals surface area contributed by atoms with Gasteiger partial charge in [-0.1, -0.05) is 19.8 Å². The van der Waals surface area contributed by atoms with Crippen molar-refractivity contribution in [3.63, 3.8) is 0 Å². The van der Waals surface area contributed by atoms with Crippen molar-refractivity contribution in [3.05, 3.63) is 24.6 Å². The molecule has 0 saturated carbocycles. The van der Waals surface area contributed by atoms with Crippen molar-refractivity contribution in [1.82, 2.24) is 0 Å². The zero-order valence-corrected chi connectivity index (χ0v) is 10.9. The van der Waals surface area contributed by atoms with E-state index < -0.39 is 0 Å². The van der Waals surface area contributed by atoms with Crippen LogP contribution in [-0.4, -0.2) is 21.3 Å². The van der Waals surface area contributed by atoms with Crippen LogP contribution in [0.2, 0.25) is 0 Å². The number of unbranched alkanes of at least 4 members (excludes halogenated alkanes) is 2. The van der Waals surface area contributed by atoms with Gasteiger partial charge in [-0.25, -0.2) is 0 Å². The number of aryl methyl sites for hydroxylation is 1. The van der Waals surface area contributed by atoms with Crippen LogP contribution in [0.3, 0.4) is 0 Å². The van der Waals surface area contributed by atoms with Crippen LogP contribution in [0, 0.1) is 6.92 Å². The molecule has 0 spiro atoms. The molecule has 0 fully saturated rings. The van der Waals surface area contributed by atoms with Crippen molar-refractivity contribution in [2.45, 2.75) is 25.7 Å². The number of rotatable bonds is 7. The van der Waals surface area contributed by atoms with Crippen LogP contribution in [0.25, 0.3) is 0 Å². The van der Waals surface area contributed by atoms with Crippen molar-refractivity contribution in [2.75, 3.05) is 21.3 Å². The van der Waals surface area contributed by atoms with Crippen LogP contribution in [-0.2, 0) is 6.42 Å². The lowest BCUT2D eigenvalue weighted by Gasteiger charge is -2.14. The van der Waals surface area contributed by atoms with E-state index in [2.05, 4.69) is 6.92 Å². The predicted molar refractivity (Wildman–Crippen MR) is 69.0 cm³/mol. The summed E-state index contributed by atoms with van der Waals surface area (Å²) in [5, 5.41) is 0. The first kappa shape index (κ1) is 13.7. The molecular weight excluding hydrogens is 216 g/mol. The Hall–Kier alpha value is -1.38. The van der Waals surface area contributed by atoms with E-state index in [0.717, 1.165) is 37.2 Å². The second-order valence-electron chi connectivity index (χ2n) is 3.84. The van der Waals surface area contributed by atoms with E-state index in [1.165, 1.54) is 5.56 Å². The molecule has 0 aromatic heterocycles. The Morgan fingerprint density at radius 2 is 1.53 bits per heavy atom. The molecule has 0 amide bonds. The molecule has 17 heavy (non-hydrogen) atoms. The molecule has 0 aliphatic heterocycles. The van der Waals surface area contributed by atoms with Gasteiger partial charge in [-0.05, 0) is 30.5 Å². The molecule has 0 saturated heterocycles. The second-order valence-corrected chi connectivity index (χ2v) is 3.84. The fraction of sp³-hybridized carbons (Fsp3) is 0.500. The van der Waals surface area contributed by atoms with E-state index in [0.29, 0.717) is 5.75 Å². The van der Waals surface area contributed by atoms with Gasteiger partial charge in [0.15, 0.2) is 11.5 Å². The molecule has 0 heterocycles. The summed E-state index contributed by atoms with van der Waals surface area (Å²) in [5.41, 5.74) is 1.20. The van der Waals surface area contributed by atoms with E-state index in [4.69, 9.17) is 14.2 Å². The lowest BCUT2D eigenvalue weighted by Crippen LogP contribution is -1.97. The van der Waals surface area contributed by atoms with E-state index in [1.807, 2.05) is 12.1 Å². The van der Waals surface area contributed by atoms with Crippen LogP contribution in [0.4, 0.5) is 0 Å². The van der Waals surface area contributed by atoms with Gasteiger partial charge in [0.25, 0.3) is 0 Å². The fourth-order valence-corrected chi connectivity index (χ4v) is 1.79. The lowest BCUT2D eigenvalue weighted by atomic mass is 10.1. The fourth-order valence-electron chi connectivity index (χ4n) is 1.79. The Kier molecular flexibility index (Phi) is 5.67. The summed E-state index contributed by atoms with van der Waals surface area (Å²) >= 11 is 0. The molecule has 3 nitrogen and oxygen atoms in total. The number of hydrogen-bond acceptors (Lipinski definition) is 3. The molecule has 95 valence electrons. The van der Waals surface area contributed by atoms with Gasteiger partial charge in [-0.3, -0.25) is 0 Å². The molecule has 0 aliphatic carbocycles. The number of hydrogen-bond donors (Lipinski definition) is 0. The summed E-state index contributed by atoms with van der Waals surface area (Å²) in [5.74, 6) is 2.09. The highest BCUT2D eigenvalue weighted by Crippen LogP contribution is 2.38. The van der Waals surface area contributed by atoms with E-state index in [-0.39, 0.29) is 0 Å². The molecule has 1 aromatic rings. The first-order valence-electron chi connectivity index (χ1n) is 5.85. The standard InChI is InChI=1S/C14H21O3/c1-5-6-7-8-11-9-12(15-2)14(17-4)13(10-11)16-3/h9-10H,1,5-8H2,2-4H3. The van der Waals surface area contributed by atoms with E-state index in [1.54, 1.807) is 21.3 Å². The summed E-state index contributed by atoms with van der Waals surface area (Å²) in [6, 6.07) is 4.01. The number of methoxy groups -OCH3 is 3. The zero-order chi connectivity index (χ0) is 12.7. The minimum absolute atomic E-state index is 0.649. The van der Waals surface area contributed by atoms with Crippen LogP contribution in [0.5, 0.6) is 17.2 Å². The molecule has 0 atom stereocenters. The van der Waals surface area contributed by atoms with Crippen molar-refractivity contribution in [3.8, 4) is 17.2 Å². The van der Waals surface area contributed by atoms with Crippen molar-refractivity contribution in [2.24, 2.45) is 0 Å². The Bertz CT molecular complexity index is 322. The SMILES string of the molecule is [CH2]CCCCc1cc(OC)c(OC)c(OC)c1. The molecule has 1 radical (unpaired) electrons. The summed E-state index contributed by atoms with van der Waals surface area (Å²) in [6.45, 7) is 3.84. The molecule has 3 heteroatoms. The molecule has 1 rings (SSSR count). The number of benzene rings is 1. The Balaban J connectivity index is 2.92. The average molecular weight is 237 g/mol. The average Bonchev–Trinajstić information content (AvgIpc) is 2.37. The summed E-state index contributed by atoms with van der Waals surface area (Å²) in [7, 11) is 4.89. The van der Waals surface area contributed by atoms with Crippen molar-refractivity contribution < 1.29 is 14.2 Å². The van der Waals surface area contributed by atoms with Gasteiger partial charge in [0, 0.05) is 0 Å². The summed E-state index contributed by atoms with van der Waals surface area (Å²) in [6.07, 6.45) is 4.25. The summed E-state index contributed by atoms with van der Waals surface area (Å²) in [4.78, 5) is 0. The van der Waals surface area contributed by atoms with Gasteiger partial charge < -0.3 is 14.2 Å². The van der Waals surface area contributed by atoms with Gasteiger partial charge in [-0.2, -0.15) is 0 Å². The minimum atomic E-state index is 0.649. The topological polar surface area (TPSA) is 27.7 Å². The highest BCUT2D eigenvalue weighted by molar-refractivity contribution is 5.53. The van der Waals surface area contributed by atoms with Crippen LogP contribution in [0.15, 0.2) is 12.1 Å². The molecule has 0 N–H and O–H groups in total. The smallest absolute Gasteiger partial charge is 0.203 e. The Morgan fingerprint density at radius 1 is 0.941 bits per heavy atom. The first-order valence-corrected chi connectivity index (χ1v) is 5.85. The van der Waals surface area contributed by atoms with Gasteiger partial charge in [0.2, 0.25) is 5.75 Å². The maximum Gasteiger partial charge on any atom is 0.203 e. The highest BCUT2D eigenvalue weighted by atomic mass is 16.5. The second kappa shape index (κ2) is 7.05. The maximum absolute atomic E-state index is 5.31. The third-order valence-electron chi connectivity index (χ3n) is 2.69. The number of ether oxygens (including phenoxy) is 3. The van der Waals surface area contributed by atoms with Gasteiger partial charge >= 0.3 is 0 Å². The predicted octanol–water partition coefficient (Wildman–Crippen LogP) is 3.26. The molecule has 0 bridgehead atoms. The van der Waals surface area contributed by atoms with Crippen LogP contribution < -0.4 is 14.2 Å². The molecule has 0 aliphatic rings. The van der Waals surface area contributed by atoms with Gasteiger partial charge in [0.05, 0.1) is 21.3 Å².